The standard InChI is InChI=1S/C22H23ClN4O2S/c1-29-19-8-2-15(3-9-19)14-20-25-26-21(30-20)16-10-12-27(13-11-16)22(28)24-18-6-4-17(23)5-7-18/h2-9,16H,10-14H2,1H3,(H,24,28). The number of amides is 2. The van der Waals surface area contributed by atoms with Gasteiger partial charge in [0.15, 0.2) is 0 Å². The zero-order chi connectivity index (χ0) is 20.9. The van der Waals surface area contributed by atoms with Gasteiger partial charge in [0.2, 0.25) is 0 Å². The smallest absolute Gasteiger partial charge is 0.321 e. The molecule has 2 amide bonds. The number of carbonyl (C=O) groups excluding carboxylic acids is 1. The van der Waals surface area contributed by atoms with Crippen LogP contribution in [0.25, 0.3) is 0 Å². The highest BCUT2D eigenvalue weighted by molar-refractivity contribution is 7.11. The fourth-order valence-electron chi connectivity index (χ4n) is 3.49. The van der Waals surface area contributed by atoms with Crippen LogP contribution in [0.4, 0.5) is 10.5 Å². The van der Waals surface area contributed by atoms with Gasteiger partial charge >= 0.3 is 6.03 Å². The number of nitrogens with zero attached hydrogens (tertiary/aromatic N) is 3. The van der Waals surface area contributed by atoms with Crippen molar-refractivity contribution >= 4 is 34.7 Å². The Morgan fingerprint density at radius 1 is 1.13 bits per heavy atom. The molecule has 1 aliphatic heterocycles. The predicted molar refractivity (Wildman–Crippen MR) is 120 cm³/mol. The number of methoxy groups -OCH3 is 1. The predicted octanol–water partition coefficient (Wildman–Crippen LogP) is 5.20. The minimum atomic E-state index is -0.0757. The maximum atomic E-state index is 12.5. The highest BCUT2D eigenvalue weighted by Gasteiger charge is 2.26. The van der Waals surface area contributed by atoms with Gasteiger partial charge in [-0.15, -0.1) is 21.5 Å². The van der Waals surface area contributed by atoms with E-state index in [1.165, 1.54) is 5.56 Å². The zero-order valence-corrected chi connectivity index (χ0v) is 18.2. The summed E-state index contributed by atoms with van der Waals surface area (Å²) < 4.78 is 5.20. The third-order valence-corrected chi connectivity index (χ3v) is 6.56. The summed E-state index contributed by atoms with van der Waals surface area (Å²) in [5, 5.41) is 14.5. The van der Waals surface area contributed by atoms with Gasteiger partial charge < -0.3 is 15.0 Å². The molecule has 1 saturated heterocycles. The average Bonchev–Trinajstić information content (AvgIpc) is 3.24. The molecule has 0 bridgehead atoms. The van der Waals surface area contributed by atoms with E-state index in [0.29, 0.717) is 24.0 Å². The van der Waals surface area contributed by atoms with Crippen LogP contribution >= 0.6 is 22.9 Å². The first-order valence-electron chi connectivity index (χ1n) is 9.87. The fourth-order valence-corrected chi connectivity index (χ4v) is 4.66. The Morgan fingerprint density at radius 2 is 1.83 bits per heavy atom. The number of hydrogen-bond donors (Lipinski definition) is 1. The lowest BCUT2D eigenvalue weighted by atomic mass is 9.98. The Labute approximate surface area is 184 Å². The van der Waals surface area contributed by atoms with Crippen LogP contribution in [-0.2, 0) is 6.42 Å². The van der Waals surface area contributed by atoms with Gasteiger partial charge in [0.1, 0.15) is 15.8 Å². The Morgan fingerprint density at radius 3 is 2.50 bits per heavy atom. The van der Waals surface area contributed by atoms with Gasteiger partial charge in [-0.2, -0.15) is 0 Å². The van der Waals surface area contributed by atoms with Crippen LogP contribution in [0.1, 0.15) is 34.3 Å². The molecule has 0 radical (unpaired) electrons. The number of likely N-dealkylation sites (tertiary alicyclic amines) is 1. The summed E-state index contributed by atoms with van der Waals surface area (Å²) in [6, 6.07) is 15.1. The van der Waals surface area contributed by atoms with Gasteiger partial charge in [-0.1, -0.05) is 23.7 Å². The highest BCUT2D eigenvalue weighted by Crippen LogP contribution is 2.31. The number of rotatable bonds is 5. The highest BCUT2D eigenvalue weighted by atomic mass is 35.5. The topological polar surface area (TPSA) is 67.4 Å². The van der Waals surface area contributed by atoms with Crippen LogP contribution in [0.15, 0.2) is 48.5 Å². The molecule has 156 valence electrons. The van der Waals surface area contributed by atoms with Gasteiger partial charge in [0.25, 0.3) is 0 Å². The third kappa shape index (κ3) is 5.09. The van der Waals surface area contributed by atoms with Gasteiger partial charge in [-0.25, -0.2) is 4.79 Å². The molecule has 0 saturated carbocycles. The third-order valence-electron chi connectivity index (χ3n) is 5.22. The number of piperidine rings is 1. The minimum absolute atomic E-state index is 0.0757. The van der Waals surface area contributed by atoms with Crippen molar-refractivity contribution in [1.29, 1.82) is 0 Å². The largest absolute Gasteiger partial charge is 0.497 e. The molecule has 0 unspecified atom stereocenters. The number of aromatic nitrogens is 2. The molecule has 1 fully saturated rings. The normalized spacial score (nSPS) is 14.5. The Hall–Kier alpha value is -2.64. The van der Waals surface area contributed by atoms with Crippen molar-refractivity contribution < 1.29 is 9.53 Å². The van der Waals surface area contributed by atoms with Crippen molar-refractivity contribution in [1.82, 2.24) is 15.1 Å². The first-order valence-corrected chi connectivity index (χ1v) is 11.1. The van der Waals surface area contributed by atoms with Crippen LogP contribution in [0, 0.1) is 0 Å². The summed E-state index contributed by atoms with van der Waals surface area (Å²) in [5.74, 6) is 1.20. The quantitative estimate of drug-likeness (QED) is 0.589. The van der Waals surface area contributed by atoms with Crippen LogP contribution in [0.5, 0.6) is 5.75 Å². The summed E-state index contributed by atoms with van der Waals surface area (Å²) in [6.07, 6.45) is 2.56. The van der Waals surface area contributed by atoms with Crippen LogP contribution in [0.2, 0.25) is 5.02 Å². The number of hydrogen-bond acceptors (Lipinski definition) is 5. The molecule has 3 aromatic rings. The molecule has 8 heteroatoms. The molecule has 0 spiro atoms. The zero-order valence-electron chi connectivity index (χ0n) is 16.7. The van der Waals surface area contributed by atoms with E-state index >= 15 is 0 Å². The minimum Gasteiger partial charge on any atom is -0.497 e. The van der Waals surface area contributed by atoms with Crippen molar-refractivity contribution in [3.05, 3.63) is 69.1 Å². The number of carbonyl (C=O) groups is 1. The molecule has 1 N–H and O–H groups in total. The van der Waals surface area contributed by atoms with Crippen molar-refractivity contribution in [3.8, 4) is 5.75 Å². The number of nitrogens with one attached hydrogen (secondary N) is 1. The van der Waals surface area contributed by atoms with E-state index in [-0.39, 0.29) is 6.03 Å². The molecular formula is C22H23ClN4O2S. The number of anilines is 1. The second kappa shape index (κ2) is 9.45. The van der Waals surface area contributed by atoms with Gasteiger partial charge in [0.05, 0.1) is 7.11 Å². The summed E-state index contributed by atoms with van der Waals surface area (Å²) in [5.41, 5.74) is 1.94. The van der Waals surface area contributed by atoms with E-state index < -0.39 is 0 Å². The van der Waals surface area contributed by atoms with E-state index in [1.54, 1.807) is 42.7 Å². The molecule has 0 atom stereocenters. The van der Waals surface area contributed by atoms with Crippen LogP contribution in [-0.4, -0.2) is 41.3 Å². The number of benzene rings is 2. The molecule has 30 heavy (non-hydrogen) atoms. The molecular weight excluding hydrogens is 420 g/mol. The van der Waals surface area contributed by atoms with E-state index in [0.717, 1.165) is 40.7 Å². The summed E-state index contributed by atoms with van der Waals surface area (Å²) in [6.45, 7) is 1.41. The number of halogens is 1. The molecule has 2 heterocycles. The molecule has 6 nitrogen and oxygen atoms in total. The lowest BCUT2D eigenvalue weighted by molar-refractivity contribution is 0.194. The van der Waals surface area contributed by atoms with Gasteiger partial charge in [0, 0.05) is 36.1 Å². The molecule has 1 aromatic heterocycles. The van der Waals surface area contributed by atoms with E-state index in [1.807, 2.05) is 17.0 Å². The Bertz CT molecular complexity index is 983. The monoisotopic (exact) mass is 442 g/mol. The average molecular weight is 443 g/mol. The van der Waals surface area contributed by atoms with Crippen molar-refractivity contribution in [2.24, 2.45) is 0 Å². The van der Waals surface area contributed by atoms with Crippen LogP contribution < -0.4 is 10.1 Å². The molecule has 1 aliphatic rings. The van der Waals surface area contributed by atoms with Crippen molar-refractivity contribution in [3.63, 3.8) is 0 Å². The molecule has 2 aromatic carbocycles. The van der Waals surface area contributed by atoms with Crippen molar-refractivity contribution in [2.75, 3.05) is 25.5 Å². The van der Waals surface area contributed by atoms with E-state index in [9.17, 15) is 4.79 Å². The van der Waals surface area contributed by atoms with Crippen LogP contribution in [0.3, 0.4) is 0 Å². The lowest BCUT2D eigenvalue weighted by Crippen LogP contribution is -2.40. The Kier molecular flexibility index (Phi) is 6.50. The second-order valence-electron chi connectivity index (χ2n) is 7.26. The first kappa shape index (κ1) is 20.6. The summed E-state index contributed by atoms with van der Waals surface area (Å²) >= 11 is 7.56. The molecule has 4 rings (SSSR count). The summed E-state index contributed by atoms with van der Waals surface area (Å²) in [4.78, 5) is 14.3. The SMILES string of the molecule is COc1ccc(Cc2nnc(C3CCN(C(=O)Nc4ccc(Cl)cc4)CC3)s2)cc1. The van der Waals surface area contributed by atoms with Gasteiger partial charge in [-0.3, -0.25) is 0 Å². The maximum absolute atomic E-state index is 12.5. The van der Waals surface area contributed by atoms with E-state index in [2.05, 4.69) is 27.6 Å². The fraction of sp³-hybridized carbons (Fsp3) is 0.318. The lowest BCUT2D eigenvalue weighted by Gasteiger charge is -2.31. The van der Waals surface area contributed by atoms with E-state index in [4.69, 9.17) is 16.3 Å². The second-order valence-corrected chi connectivity index (χ2v) is 8.79. The number of urea groups is 1. The summed E-state index contributed by atoms with van der Waals surface area (Å²) in [7, 11) is 1.67. The Balaban J connectivity index is 1.29. The maximum Gasteiger partial charge on any atom is 0.321 e. The number of ether oxygens (including phenoxy) is 1. The van der Waals surface area contributed by atoms with Gasteiger partial charge in [-0.05, 0) is 54.8 Å². The van der Waals surface area contributed by atoms with Crippen molar-refractivity contribution in [2.45, 2.75) is 25.2 Å². The molecule has 0 aliphatic carbocycles. The first-order chi connectivity index (χ1) is 14.6.